The highest BCUT2D eigenvalue weighted by Crippen LogP contribution is 2.18. The summed E-state index contributed by atoms with van der Waals surface area (Å²) in [5, 5.41) is 0. The Kier molecular flexibility index (Phi) is 4.09. The van der Waals surface area contributed by atoms with Gasteiger partial charge in [0.25, 0.3) is 0 Å². The lowest BCUT2D eigenvalue weighted by atomic mass is 10.3. The first-order valence-electron chi connectivity index (χ1n) is 4.41. The van der Waals surface area contributed by atoms with Gasteiger partial charge in [-0.1, -0.05) is 13.8 Å². The molecule has 0 bridgehead atoms. The van der Waals surface area contributed by atoms with Crippen LogP contribution in [0.25, 0.3) is 0 Å². The lowest BCUT2D eigenvalue weighted by Gasteiger charge is -2.39. The molecule has 2 nitrogen and oxygen atoms in total. The van der Waals surface area contributed by atoms with Crippen LogP contribution in [0.15, 0.2) is 0 Å². The zero-order valence-electron chi connectivity index (χ0n) is 7.39. The molecule has 0 radical (unpaired) electrons. The third-order valence-corrected chi connectivity index (χ3v) is 3.88. The molecule has 0 unspecified atom stereocenters. The minimum absolute atomic E-state index is 0.636. The van der Waals surface area contributed by atoms with Crippen LogP contribution in [0, 0.1) is 0 Å². The van der Waals surface area contributed by atoms with Gasteiger partial charge in [-0.05, 0) is 42.1 Å². The van der Waals surface area contributed by atoms with E-state index < -0.39 is 0 Å². The summed E-state index contributed by atoms with van der Waals surface area (Å²) in [5.41, 5.74) is 0. The fourth-order valence-corrected chi connectivity index (χ4v) is 2.88. The molecule has 0 aromatic carbocycles. The van der Waals surface area contributed by atoms with E-state index in [0.717, 1.165) is 0 Å². The topological polar surface area (TPSA) is 6.48 Å². The fourth-order valence-electron chi connectivity index (χ4n) is 1.54. The summed E-state index contributed by atoms with van der Waals surface area (Å²) in [6, 6.07) is 0. The Morgan fingerprint density at radius 2 is 1.64 bits per heavy atom. The van der Waals surface area contributed by atoms with Crippen molar-refractivity contribution in [2.24, 2.45) is 0 Å². The van der Waals surface area contributed by atoms with Crippen molar-refractivity contribution in [2.45, 2.75) is 24.4 Å². The van der Waals surface area contributed by atoms with Gasteiger partial charge in [-0.3, -0.25) is 9.80 Å². The Labute approximate surface area is 83.1 Å². The van der Waals surface area contributed by atoms with Crippen molar-refractivity contribution in [1.82, 2.24) is 9.80 Å². The zero-order valence-corrected chi connectivity index (χ0v) is 9.54. The summed E-state index contributed by atoms with van der Waals surface area (Å²) < 4.78 is 0.636. The number of hydrogen-bond donors (Lipinski definition) is 0. The van der Waals surface area contributed by atoms with Gasteiger partial charge in [0.2, 0.25) is 0 Å². The standard InChI is InChI=1S/C8H17IN2/c1-3-10-6-5-7-11(4-2)8(10)9/h8H,3-7H2,1-2H3. The van der Waals surface area contributed by atoms with E-state index in [1.807, 2.05) is 0 Å². The van der Waals surface area contributed by atoms with Crippen molar-refractivity contribution < 1.29 is 0 Å². The van der Waals surface area contributed by atoms with E-state index in [1.165, 1.54) is 32.6 Å². The van der Waals surface area contributed by atoms with Gasteiger partial charge in [0.15, 0.2) is 0 Å². The van der Waals surface area contributed by atoms with Gasteiger partial charge in [0, 0.05) is 13.1 Å². The van der Waals surface area contributed by atoms with E-state index in [4.69, 9.17) is 0 Å². The van der Waals surface area contributed by atoms with Crippen molar-refractivity contribution in [1.29, 1.82) is 0 Å². The molecule has 3 heteroatoms. The highest BCUT2D eigenvalue weighted by molar-refractivity contribution is 14.1. The van der Waals surface area contributed by atoms with Crippen LogP contribution < -0.4 is 0 Å². The predicted molar refractivity (Wildman–Crippen MR) is 56.9 cm³/mol. The molecule has 66 valence electrons. The van der Waals surface area contributed by atoms with Crippen LogP contribution in [0.5, 0.6) is 0 Å². The minimum atomic E-state index is 0.636. The van der Waals surface area contributed by atoms with Crippen LogP contribution >= 0.6 is 22.6 Å². The van der Waals surface area contributed by atoms with Crippen LogP contribution in [0.4, 0.5) is 0 Å². The first kappa shape index (κ1) is 9.74. The second-order valence-electron chi connectivity index (χ2n) is 2.92. The molecule has 0 aliphatic carbocycles. The van der Waals surface area contributed by atoms with Crippen molar-refractivity contribution in [3.05, 3.63) is 0 Å². The molecular formula is C8H17IN2. The molecule has 1 rings (SSSR count). The Morgan fingerprint density at radius 1 is 1.18 bits per heavy atom. The number of alkyl halides is 1. The van der Waals surface area contributed by atoms with E-state index in [1.54, 1.807) is 0 Å². The summed E-state index contributed by atoms with van der Waals surface area (Å²) in [6.07, 6.45) is 1.33. The molecule has 0 N–H and O–H groups in total. The van der Waals surface area contributed by atoms with Gasteiger partial charge in [-0.25, -0.2) is 0 Å². The van der Waals surface area contributed by atoms with E-state index in [0.29, 0.717) is 4.17 Å². The number of halogens is 1. The summed E-state index contributed by atoms with van der Waals surface area (Å²) in [6.45, 7) is 9.41. The lowest BCUT2D eigenvalue weighted by Crippen LogP contribution is -2.49. The highest BCUT2D eigenvalue weighted by Gasteiger charge is 2.23. The maximum atomic E-state index is 2.53. The molecule has 0 aromatic heterocycles. The van der Waals surface area contributed by atoms with Crippen molar-refractivity contribution >= 4 is 22.6 Å². The van der Waals surface area contributed by atoms with Crippen molar-refractivity contribution in [2.75, 3.05) is 26.2 Å². The van der Waals surface area contributed by atoms with Gasteiger partial charge in [-0.15, -0.1) is 0 Å². The summed E-state index contributed by atoms with van der Waals surface area (Å²) in [4.78, 5) is 5.04. The van der Waals surface area contributed by atoms with E-state index in [-0.39, 0.29) is 0 Å². The monoisotopic (exact) mass is 268 g/mol. The Hall–Kier alpha value is 0.650. The first-order chi connectivity index (χ1) is 5.29. The van der Waals surface area contributed by atoms with Gasteiger partial charge < -0.3 is 0 Å². The molecule has 1 saturated heterocycles. The Bertz CT molecular complexity index is 107. The van der Waals surface area contributed by atoms with Crippen LogP contribution in [0.2, 0.25) is 0 Å². The number of hydrogen-bond acceptors (Lipinski definition) is 2. The molecule has 11 heavy (non-hydrogen) atoms. The fraction of sp³-hybridized carbons (Fsp3) is 1.00. The minimum Gasteiger partial charge on any atom is -0.280 e. The molecule has 1 aliphatic rings. The Balaban J connectivity index is 2.45. The third kappa shape index (κ3) is 2.29. The van der Waals surface area contributed by atoms with Crippen LogP contribution in [0.3, 0.4) is 0 Å². The first-order valence-corrected chi connectivity index (χ1v) is 5.66. The molecule has 0 saturated carbocycles. The molecule has 0 aromatic rings. The number of rotatable bonds is 2. The van der Waals surface area contributed by atoms with Crippen molar-refractivity contribution in [3.8, 4) is 0 Å². The molecule has 1 fully saturated rings. The lowest BCUT2D eigenvalue weighted by molar-refractivity contribution is 0.0811. The van der Waals surface area contributed by atoms with E-state index in [9.17, 15) is 0 Å². The normalized spacial score (nSPS) is 24.3. The second kappa shape index (κ2) is 4.62. The largest absolute Gasteiger partial charge is 0.280 e. The molecule has 1 aliphatic heterocycles. The summed E-state index contributed by atoms with van der Waals surface area (Å²) in [5.74, 6) is 0. The van der Waals surface area contributed by atoms with Gasteiger partial charge in [0.05, 0.1) is 0 Å². The second-order valence-corrected chi connectivity index (χ2v) is 4.04. The average molecular weight is 268 g/mol. The van der Waals surface area contributed by atoms with Crippen LogP contribution in [0.1, 0.15) is 20.3 Å². The van der Waals surface area contributed by atoms with E-state index >= 15 is 0 Å². The van der Waals surface area contributed by atoms with Crippen molar-refractivity contribution in [3.63, 3.8) is 0 Å². The maximum absolute atomic E-state index is 2.53. The molecule has 0 atom stereocenters. The van der Waals surface area contributed by atoms with E-state index in [2.05, 4.69) is 46.2 Å². The molecule has 1 heterocycles. The molecular weight excluding hydrogens is 251 g/mol. The maximum Gasteiger partial charge on any atom is 0.116 e. The zero-order chi connectivity index (χ0) is 8.27. The SMILES string of the molecule is CCN1CCCN(CC)C1I. The Morgan fingerprint density at radius 3 is 2.00 bits per heavy atom. The summed E-state index contributed by atoms with van der Waals surface area (Å²) >= 11 is 2.53. The molecule has 0 spiro atoms. The smallest absolute Gasteiger partial charge is 0.116 e. The van der Waals surface area contributed by atoms with Gasteiger partial charge in [0.1, 0.15) is 4.17 Å². The highest BCUT2D eigenvalue weighted by atomic mass is 127. The van der Waals surface area contributed by atoms with Gasteiger partial charge in [-0.2, -0.15) is 0 Å². The van der Waals surface area contributed by atoms with Crippen LogP contribution in [-0.4, -0.2) is 40.2 Å². The van der Waals surface area contributed by atoms with Gasteiger partial charge >= 0.3 is 0 Å². The summed E-state index contributed by atoms with van der Waals surface area (Å²) in [7, 11) is 0. The quantitative estimate of drug-likeness (QED) is 0.428. The third-order valence-electron chi connectivity index (χ3n) is 2.31. The molecule has 0 amide bonds. The predicted octanol–water partition coefficient (Wildman–Crippen LogP) is 1.75. The number of nitrogens with zero attached hydrogens (tertiary/aromatic N) is 2. The van der Waals surface area contributed by atoms with Crippen LogP contribution in [-0.2, 0) is 0 Å². The average Bonchev–Trinajstić information content (AvgIpc) is 2.05.